The van der Waals surface area contributed by atoms with E-state index in [0.717, 1.165) is 30.7 Å². The molecule has 1 saturated carbocycles. The Kier molecular flexibility index (Phi) is 3.68. The molecule has 6 heteroatoms. The average molecular weight is 291 g/mol. The number of hydrogen-bond acceptors (Lipinski definition) is 2. The van der Waals surface area contributed by atoms with E-state index in [0.29, 0.717) is 17.3 Å². The van der Waals surface area contributed by atoms with Gasteiger partial charge in [-0.1, -0.05) is 12.5 Å². The van der Waals surface area contributed by atoms with Crippen molar-refractivity contribution in [2.75, 3.05) is 5.32 Å². The Morgan fingerprint density at radius 1 is 1.29 bits per heavy atom. The van der Waals surface area contributed by atoms with Crippen molar-refractivity contribution in [1.82, 2.24) is 10.2 Å². The Labute approximate surface area is 120 Å². The molecule has 0 atom stereocenters. The fraction of sp³-hybridized carbons (Fsp3) is 0.333. The lowest BCUT2D eigenvalue weighted by atomic mass is 9.83. The van der Waals surface area contributed by atoms with Crippen molar-refractivity contribution in [3.63, 3.8) is 0 Å². The number of aromatic amines is 1. The molecule has 3 rings (SSSR count). The van der Waals surface area contributed by atoms with Crippen LogP contribution in [-0.4, -0.2) is 16.1 Å². The second kappa shape index (κ2) is 5.63. The van der Waals surface area contributed by atoms with Gasteiger partial charge in [0.25, 0.3) is 0 Å². The molecule has 1 fully saturated rings. The Balaban J connectivity index is 1.60. The summed E-state index contributed by atoms with van der Waals surface area (Å²) in [5.74, 6) is -1.21. The summed E-state index contributed by atoms with van der Waals surface area (Å²) in [5, 5.41) is 9.61. The third kappa shape index (κ3) is 3.09. The van der Waals surface area contributed by atoms with Crippen molar-refractivity contribution < 1.29 is 13.6 Å². The smallest absolute Gasteiger partial charge is 0.229 e. The molecular formula is C15H15F2N3O. The number of H-pyrrole nitrogens is 1. The SMILES string of the molecule is O=C(Cc1ccc(F)c(F)c1)Nc1cc(C2CCC2)[nH]n1. The second-order valence-electron chi connectivity index (χ2n) is 5.31. The Bertz CT molecular complexity index is 665. The minimum atomic E-state index is -0.952. The van der Waals surface area contributed by atoms with E-state index < -0.39 is 11.6 Å². The molecule has 1 aliphatic rings. The van der Waals surface area contributed by atoms with Crippen molar-refractivity contribution in [3.8, 4) is 0 Å². The number of carbonyl (C=O) groups is 1. The molecule has 4 nitrogen and oxygen atoms in total. The standard InChI is InChI=1S/C15H15F2N3O/c16-11-5-4-9(6-12(11)17)7-15(21)18-14-8-13(19-20-14)10-2-1-3-10/h4-6,8,10H,1-3,7H2,(H2,18,19,20,21). The number of aromatic nitrogens is 2. The summed E-state index contributed by atoms with van der Waals surface area (Å²) < 4.78 is 25.9. The van der Waals surface area contributed by atoms with E-state index >= 15 is 0 Å². The monoisotopic (exact) mass is 291 g/mol. The molecule has 0 spiro atoms. The van der Waals surface area contributed by atoms with Crippen molar-refractivity contribution in [3.05, 3.63) is 47.2 Å². The first-order chi connectivity index (χ1) is 10.1. The van der Waals surface area contributed by atoms with Crippen LogP contribution in [0.25, 0.3) is 0 Å². The van der Waals surface area contributed by atoms with Gasteiger partial charge in [0.05, 0.1) is 6.42 Å². The first-order valence-electron chi connectivity index (χ1n) is 6.91. The maximum Gasteiger partial charge on any atom is 0.229 e. The zero-order valence-corrected chi connectivity index (χ0v) is 11.3. The lowest BCUT2D eigenvalue weighted by Gasteiger charge is -2.23. The number of hydrogen-bond donors (Lipinski definition) is 2. The van der Waals surface area contributed by atoms with Gasteiger partial charge in [-0.2, -0.15) is 5.10 Å². The molecule has 2 N–H and O–H groups in total. The molecule has 1 amide bonds. The predicted molar refractivity (Wildman–Crippen MR) is 73.9 cm³/mol. The van der Waals surface area contributed by atoms with Crippen LogP contribution in [0.2, 0.25) is 0 Å². The van der Waals surface area contributed by atoms with E-state index in [1.807, 2.05) is 6.07 Å². The predicted octanol–water partition coefficient (Wildman–Crippen LogP) is 3.14. The molecule has 0 radical (unpaired) electrons. The molecular weight excluding hydrogens is 276 g/mol. The van der Waals surface area contributed by atoms with Crippen LogP contribution in [0, 0.1) is 11.6 Å². The van der Waals surface area contributed by atoms with Crippen LogP contribution in [-0.2, 0) is 11.2 Å². The first kappa shape index (κ1) is 13.7. The van der Waals surface area contributed by atoms with Gasteiger partial charge in [0.15, 0.2) is 17.5 Å². The minimum Gasteiger partial charge on any atom is -0.309 e. The van der Waals surface area contributed by atoms with E-state index in [9.17, 15) is 13.6 Å². The largest absolute Gasteiger partial charge is 0.309 e. The first-order valence-corrected chi connectivity index (χ1v) is 6.91. The molecule has 1 aliphatic carbocycles. The maximum atomic E-state index is 13.1. The summed E-state index contributed by atoms with van der Waals surface area (Å²) in [7, 11) is 0. The average Bonchev–Trinajstić information content (AvgIpc) is 2.79. The van der Waals surface area contributed by atoms with Crippen molar-refractivity contribution in [1.29, 1.82) is 0 Å². The topological polar surface area (TPSA) is 57.8 Å². The number of benzene rings is 1. The summed E-state index contributed by atoms with van der Waals surface area (Å²) in [4.78, 5) is 11.9. The molecule has 110 valence electrons. The van der Waals surface area contributed by atoms with Crippen molar-refractivity contribution >= 4 is 11.7 Å². The van der Waals surface area contributed by atoms with Gasteiger partial charge in [-0.05, 0) is 30.5 Å². The van der Waals surface area contributed by atoms with E-state index in [1.165, 1.54) is 12.5 Å². The highest BCUT2D eigenvalue weighted by Crippen LogP contribution is 2.35. The zero-order valence-electron chi connectivity index (χ0n) is 11.3. The van der Waals surface area contributed by atoms with Crippen LogP contribution in [0.15, 0.2) is 24.3 Å². The Morgan fingerprint density at radius 2 is 2.10 bits per heavy atom. The number of anilines is 1. The highest BCUT2D eigenvalue weighted by molar-refractivity contribution is 5.91. The second-order valence-corrected chi connectivity index (χ2v) is 5.31. The third-order valence-corrected chi connectivity index (χ3v) is 3.76. The quantitative estimate of drug-likeness (QED) is 0.909. The number of nitrogens with one attached hydrogen (secondary N) is 2. The number of rotatable bonds is 4. The minimum absolute atomic E-state index is 0.0250. The molecule has 1 aromatic heterocycles. The molecule has 2 aromatic rings. The molecule has 0 saturated heterocycles. The third-order valence-electron chi connectivity index (χ3n) is 3.76. The van der Waals surface area contributed by atoms with E-state index in [4.69, 9.17) is 0 Å². The van der Waals surface area contributed by atoms with E-state index in [2.05, 4.69) is 15.5 Å². The van der Waals surface area contributed by atoms with Crippen LogP contribution in [0.3, 0.4) is 0 Å². The van der Waals surface area contributed by atoms with Crippen molar-refractivity contribution in [2.24, 2.45) is 0 Å². The molecule has 1 aromatic carbocycles. The van der Waals surface area contributed by atoms with Gasteiger partial charge in [-0.15, -0.1) is 0 Å². The number of nitrogens with zero attached hydrogens (tertiary/aromatic N) is 1. The molecule has 21 heavy (non-hydrogen) atoms. The fourth-order valence-corrected chi connectivity index (χ4v) is 2.35. The summed E-state index contributed by atoms with van der Waals surface area (Å²) in [6, 6.07) is 5.26. The maximum absolute atomic E-state index is 13.1. The van der Waals surface area contributed by atoms with Crippen molar-refractivity contribution in [2.45, 2.75) is 31.6 Å². The van der Waals surface area contributed by atoms with Gasteiger partial charge in [-0.3, -0.25) is 9.89 Å². The fourth-order valence-electron chi connectivity index (χ4n) is 2.35. The van der Waals surface area contributed by atoms with Crippen LogP contribution >= 0.6 is 0 Å². The van der Waals surface area contributed by atoms with Crippen LogP contribution in [0.1, 0.15) is 36.4 Å². The number of halogens is 2. The number of carbonyl (C=O) groups excluding carboxylic acids is 1. The molecule has 0 bridgehead atoms. The van der Waals surface area contributed by atoms with Gasteiger partial charge in [0.2, 0.25) is 5.91 Å². The van der Waals surface area contributed by atoms with E-state index in [1.54, 1.807) is 0 Å². The van der Waals surface area contributed by atoms with Gasteiger partial charge in [0.1, 0.15) is 0 Å². The zero-order chi connectivity index (χ0) is 14.8. The Morgan fingerprint density at radius 3 is 2.76 bits per heavy atom. The van der Waals surface area contributed by atoms with E-state index in [-0.39, 0.29) is 12.3 Å². The van der Waals surface area contributed by atoms with Gasteiger partial charge in [0, 0.05) is 17.7 Å². The molecule has 0 unspecified atom stereocenters. The number of amides is 1. The Hall–Kier alpha value is -2.24. The highest BCUT2D eigenvalue weighted by Gasteiger charge is 2.21. The van der Waals surface area contributed by atoms with Gasteiger partial charge in [-0.25, -0.2) is 8.78 Å². The van der Waals surface area contributed by atoms with Crippen LogP contribution < -0.4 is 5.32 Å². The molecule has 0 aliphatic heterocycles. The summed E-state index contributed by atoms with van der Waals surface area (Å²) in [6.07, 6.45) is 3.49. The lowest BCUT2D eigenvalue weighted by Crippen LogP contribution is -2.15. The van der Waals surface area contributed by atoms with Gasteiger partial charge >= 0.3 is 0 Å². The summed E-state index contributed by atoms with van der Waals surface area (Å²) >= 11 is 0. The van der Waals surface area contributed by atoms with Gasteiger partial charge < -0.3 is 5.32 Å². The molecule has 1 heterocycles. The highest BCUT2D eigenvalue weighted by atomic mass is 19.2. The van der Waals surface area contributed by atoms with Crippen LogP contribution in [0.5, 0.6) is 0 Å². The normalized spacial score (nSPS) is 14.8. The van der Waals surface area contributed by atoms with Crippen LogP contribution in [0.4, 0.5) is 14.6 Å². The lowest BCUT2D eigenvalue weighted by molar-refractivity contribution is -0.115. The summed E-state index contributed by atoms with van der Waals surface area (Å²) in [6.45, 7) is 0. The summed E-state index contributed by atoms with van der Waals surface area (Å²) in [5.41, 5.74) is 1.45.